The standard InChI is InChI=1S/C15H22N2O2/c1-3-8-16-14-7-5-4-6-13(14)15(18)17-9-10-19-11-12(17)2/h4-7,12,16H,3,8-11H2,1-2H3. The van der Waals surface area contributed by atoms with Crippen molar-refractivity contribution in [3.63, 3.8) is 0 Å². The lowest BCUT2D eigenvalue weighted by atomic mass is 10.1. The number of hydrogen-bond donors (Lipinski definition) is 1. The predicted molar refractivity (Wildman–Crippen MR) is 76.5 cm³/mol. The Hall–Kier alpha value is -1.55. The van der Waals surface area contributed by atoms with Crippen molar-refractivity contribution < 1.29 is 9.53 Å². The third-order valence-electron chi connectivity index (χ3n) is 3.35. The van der Waals surface area contributed by atoms with Crippen LogP contribution in [0.1, 0.15) is 30.6 Å². The molecule has 1 fully saturated rings. The number of anilines is 1. The number of morpholine rings is 1. The summed E-state index contributed by atoms with van der Waals surface area (Å²) in [5.74, 6) is 0.0926. The van der Waals surface area contributed by atoms with Gasteiger partial charge in [0.2, 0.25) is 0 Å². The summed E-state index contributed by atoms with van der Waals surface area (Å²) in [4.78, 5) is 14.5. The van der Waals surface area contributed by atoms with Crippen LogP contribution in [0.25, 0.3) is 0 Å². The summed E-state index contributed by atoms with van der Waals surface area (Å²) in [5.41, 5.74) is 1.68. The fourth-order valence-electron chi connectivity index (χ4n) is 2.27. The third-order valence-corrected chi connectivity index (χ3v) is 3.35. The van der Waals surface area contributed by atoms with Crippen molar-refractivity contribution in [1.29, 1.82) is 0 Å². The number of benzene rings is 1. The van der Waals surface area contributed by atoms with E-state index >= 15 is 0 Å². The summed E-state index contributed by atoms with van der Waals surface area (Å²) in [6, 6.07) is 7.87. The van der Waals surface area contributed by atoms with Crippen molar-refractivity contribution in [3.8, 4) is 0 Å². The highest BCUT2D eigenvalue weighted by atomic mass is 16.5. The van der Waals surface area contributed by atoms with Crippen LogP contribution in [-0.2, 0) is 4.74 Å². The van der Waals surface area contributed by atoms with Crippen molar-refractivity contribution in [1.82, 2.24) is 4.90 Å². The number of amides is 1. The molecule has 1 unspecified atom stereocenters. The monoisotopic (exact) mass is 262 g/mol. The molecule has 1 N–H and O–H groups in total. The Labute approximate surface area is 114 Å². The Bertz CT molecular complexity index is 434. The highest BCUT2D eigenvalue weighted by Crippen LogP contribution is 2.19. The molecule has 1 aliphatic heterocycles. The zero-order valence-electron chi connectivity index (χ0n) is 11.7. The van der Waals surface area contributed by atoms with Crippen molar-refractivity contribution in [2.75, 3.05) is 31.6 Å². The first kappa shape index (κ1) is 13.9. The maximum Gasteiger partial charge on any atom is 0.256 e. The second-order valence-corrected chi connectivity index (χ2v) is 4.89. The van der Waals surface area contributed by atoms with E-state index in [2.05, 4.69) is 12.2 Å². The molecule has 0 aliphatic carbocycles. The maximum atomic E-state index is 12.6. The van der Waals surface area contributed by atoms with E-state index in [0.29, 0.717) is 19.8 Å². The van der Waals surface area contributed by atoms with Crippen LogP contribution in [0.4, 0.5) is 5.69 Å². The Kier molecular flexibility index (Phi) is 4.80. The molecule has 0 spiro atoms. The number of hydrogen-bond acceptors (Lipinski definition) is 3. The topological polar surface area (TPSA) is 41.6 Å². The zero-order chi connectivity index (χ0) is 13.7. The maximum absolute atomic E-state index is 12.6. The lowest BCUT2D eigenvalue weighted by molar-refractivity contribution is 0.00365. The van der Waals surface area contributed by atoms with Crippen LogP contribution in [0.2, 0.25) is 0 Å². The van der Waals surface area contributed by atoms with Gasteiger partial charge in [-0.15, -0.1) is 0 Å². The normalized spacial score (nSPS) is 19.3. The Morgan fingerprint density at radius 2 is 2.26 bits per heavy atom. The van der Waals surface area contributed by atoms with E-state index in [1.165, 1.54) is 0 Å². The first-order chi connectivity index (χ1) is 9.24. The van der Waals surface area contributed by atoms with Crippen LogP contribution in [0, 0.1) is 0 Å². The second kappa shape index (κ2) is 6.57. The van der Waals surface area contributed by atoms with Gasteiger partial charge in [0.05, 0.1) is 24.8 Å². The molecule has 0 radical (unpaired) electrons. The van der Waals surface area contributed by atoms with E-state index in [1.54, 1.807) is 0 Å². The van der Waals surface area contributed by atoms with Gasteiger partial charge in [-0.3, -0.25) is 4.79 Å². The molecule has 1 aromatic carbocycles. The summed E-state index contributed by atoms with van der Waals surface area (Å²) in [5, 5.41) is 3.32. The molecule has 0 saturated carbocycles. The largest absolute Gasteiger partial charge is 0.384 e. The number of rotatable bonds is 4. The third kappa shape index (κ3) is 3.26. The fraction of sp³-hybridized carbons (Fsp3) is 0.533. The van der Waals surface area contributed by atoms with Gasteiger partial charge in [-0.05, 0) is 25.5 Å². The molecular weight excluding hydrogens is 240 g/mol. The average molecular weight is 262 g/mol. The van der Waals surface area contributed by atoms with Gasteiger partial charge in [0.1, 0.15) is 0 Å². The van der Waals surface area contributed by atoms with E-state index in [-0.39, 0.29) is 11.9 Å². The molecule has 1 amide bonds. The Morgan fingerprint density at radius 1 is 1.47 bits per heavy atom. The fourth-order valence-corrected chi connectivity index (χ4v) is 2.27. The molecule has 1 saturated heterocycles. The molecule has 19 heavy (non-hydrogen) atoms. The summed E-state index contributed by atoms with van der Waals surface area (Å²) in [7, 11) is 0. The van der Waals surface area contributed by atoms with E-state index in [0.717, 1.165) is 24.2 Å². The van der Waals surface area contributed by atoms with E-state index in [1.807, 2.05) is 36.1 Å². The molecule has 0 aromatic heterocycles. The summed E-state index contributed by atoms with van der Waals surface area (Å²) in [6.45, 7) is 6.93. The number of ether oxygens (including phenoxy) is 1. The molecule has 1 aromatic rings. The summed E-state index contributed by atoms with van der Waals surface area (Å²) < 4.78 is 5.38. The molecule has 4 heteroatoms. The number of nitrogens with one attached hydrogen (secondary N) is 1. The van der Waals surface area contributed by atoms with Gasteiger partial charge in [-0.2, -0.15) is 0 Å². The van der Waals surface area contributed by atoms with Gasteiger partial charge in [0, 0.05) is 18.8 Å². The molecule has 1 heterocycles. The van der Waals surface area contributed by atoms with Crippen molar-refractivity contribution in [3.05, 3.63) is 29.8 Å². The minimum atomic E-state index is 0.0926. The molecule has 2 rings (SSSR count). The second-order valence-electron chi connectivity index (χ2n) is 4.89. The van der Waals surface area contributed by atoms with Gasteiger partial charge in [0.15, 0.2) is 0 Å². The zero-order valence-corrected chi connectivity index (χ0v) is 11.7. The van der Waals surface area contributed by atoms with Gasteiger partial charge in [-0.1, -0.05) is 19.1 Å². The lowest BCUT2D eigenvalue weighted by Crippen LogP contribution is -2.47. The number of para-hydroxylation sites is 1. The van der Waals surface area contributed by atoms with Crippen molar-refractivity contribution in [2.45, 2.75) is 26.3 Å². The van der Waals surface area contributed by atoms with Gasteiger partial charge in [-0.25, -0.2) is 0 Å². The van der Waals surface area contributed by atoms with Crippen LogP contribution < -0.4 is 5.32 Å². The molecule has 4 nitrogen and oxygen atoms in total. The predicted octanol–water partition coefficient (Wildman–Crippen LogP) is 2.37. The molecule has 0 bridgehead atoms. The van der Waals surface area contributed by atoms with Crippen LogP contribution in [0.15, 0.2) is 24.3 Å². The number of nitrogens with zero attached hydrogens (tertiary/aromatic N) is 1. The van der Waals surface area contributed by atoms with E-state index in [9.17, 15) is 4.79 Å². The van der Waals surface area contributed by atoms with Gasteiger partial charge in [0.25, 0.3) is 5.91 Å². The first-order valence-electron chi connectivity index (χ1n) is 6.95. The van der Waals surface area contributed by atoms with Gasteiger partial charge >= 0.3 is 0 Å². The minimum Gasteiger partial charge on any atom is -0.384 e. The Balaban J connectivity index is 2.17. The van der Waals surface area contributed by atoms with E-state index < -0.39 is 0 Å². The van der Waals surface area contributed by atoms with Gasteiger partial charge < -0.3 is 15.0 Å². The van der Waals surface area contributed by atoms with Crippen LogP contribution in [0.3, 0.4) is 0 Å². The number of carbonyl (C=O) groups is 1. The quantitative estimate of drug-likeness (QED) is 0.905. The molecule has 104 valence electrons. The average Bonchev–Trinajstić information content (AvgIpc) is 2.45. The van der Waals surface area contributed by atoms with Crippen LogP contribution >= 0.6 is 0 Å². The van der Waals surface area contributed by atoms with Crippen molar-refractivity contribution in [2.24, 2.45) is 0 Å². The summed E-state index contributed by atoms with van der Waals surface area (Å²) >= 11 is 0. The smallest absolute Gasteiger partial charge is 0.256 e. The molecular formula is C15H22N2O2. The minimum absolute atomic E-state index is 0.0926. The molecule has 1 atom stereocenters. The van der Waals surface area contributed by atoms with Crippen molar-refractivity contribution >= 4 is 11.6 Å². The Morgan fingerprint density at radius 3 is 3.00 bits per heavy atom. The lowest BCUT2D eigenvalue weighted by Gasteiger charge is -2.33. The van der Waals surface area contributed by atoms with E-state index in [4.69, 9.17) is 4.74 Å². The van der Waals surface area contributed by atoms with Crippen LogP contribution in [0.5, 0.6) is 0 Å². The summed E-state index contributed by atoms with van der Waals surface area (Å²) in [6.07, 6.45) is 1.04. The highest BCUT2D eigenvalue weighted by molar-refractivity contribution is 5.99. The highest BCUT2D eigenvalue weighted by Gasteiger charge is 2.25. The first-order valence-corrected chi connectivity index (χ1v) is 6.95. The number of carbonyl (C=O) groups excluding carboxylic acids is 1. The SMILES string of the molecule is CCCNc1ccccc1C(=O)N1CCOCC1C. The molecule has 1 aliphatic rings. The van der Waals surface area contributed by atoms with Crippen LogP contribution in [-0.4, -0.2) is 43.2 Å².